The predicted molar refractivity (Wildman–Crippen MR) is 75.5 cm³/mol. The maximum atomic E-state index is 12.1. The van der Waals surface area contributed by atoms with Gasteiger partial charge in [-0.3, -0.25) is 9.00 Å². The van der Waals surface area contributed by atoms with Gasteiger partial charge in [-0.15, -0.1) is 0 Å². The van der Waals surface area contributed by atoms with E-state index in [-0.39, 0.29) is 11.1 Å². The molecular formula is C12H21N3O2S. The van der Waals surface area contributed by atoms with Crippen LogP contribution in [0.2, 0.25) is 0 Å². The largest absolute Gasteiger partial charge is 0.365 e. The minimum absolute atomic E-state index is 0.146. The van der Waals surface area contributed by atoms with Gasteiger partial charge in [-0.05, 0) is 20.8 Å². The van der Waals surface area contributed by atoms with E-state index in [4.69, 9.17) is 0 Å². The number of nitrogens with zero attached hydrogens (tertiary/aromatic N) is 2. The van der Waals surface area contributed by atoms with Crippen molar-refractivity contribution < 1.29 is 4.21 Å². The molecule has 1 heterocycles. The van der Waals surface area contributed by atoms with Crippen molar-refractivity contribution in [3.8, 4) is 0 Å². The van der Waals surface area contributed by atoms with Crippen molar-refractivity contribution in [3.05, 3.63) is 22.7 Å². The van der Waals surface area contributed by atoms with E-state index >= 15 is 0 Å². The van der Waals surface area contributed by atoms with Gasteiger partial charge in [0.25, 0.3) is 5.56 Å². The summed E-state index contributed by atoms with van der Waals surface area (Å²) in [7, 11) is -0.829. The van der Waals surface area contributed by atoms with Crippen LogP contribution in [-0.2, 0) is 16.3 Å². The van der Waals surface area contributed by atoms with Crippen LogP contribution in [0, 0.1) is 0 Å². The first-order valence-electron chi connectivity index (χ1n) is 6.03. The highest BCUT2D eigenvalue weighted by Gasteiger charge is 2.16. The Morgan fingerprint density at radius 3 is 2.67 bits per heavy atom. The van der Waals surface area contributed by atoms with E-state index in [1.165, 1.54) is 0 Å². The zero-order valence-corrected chi connectivity index (χ0v) is 12.2. The standard InChI is InChI=1S/C12H21N3O2S/c1-5-18(17)9-7-14-10-11(16)15(8-6-13-10)12(2,3)4/h6,8H,5,7,9H2,1-4H3,(H,13,14). The molecule has 0 aliphatic rings. The third kappa shape index (κ3) is 3.94. The summed E-state index contributed by atoms with van der Waals surface area (Å²) in [6.45, 7) is 8.26. The summed E-state index contributed by atoms with van der Waals surface area (Å²) in [4.78, 5) is 16.2. The van der Waals surface area contributed by atoms with Crippen molar-refractivity contribution in [2.75, 3.05) is 23.4 Å². The minimum atomic E-state index is -0.829. The van der Waals surface area contributed by atoms with Crippen LogP contribution in [0.15, 0.2) is 17.2 Å². The fourth-order valence-corrected chi connectivity index (χ4v) is 2.11. The van der Waals surface area contributed by atoms with Gasteiger partial charge in [0, 0.05) is 46.8 Å². The molecule has 5 nitrogen and oxygen atoms in total. The van der Waals surface area contributed by atoms with Crippen molar-refractivity contribution >= 4 is 16.6 Å². The topological polar surface area (TPSA) is 64.0 Å². The number of hydrogen-bond acceptors (Lipinski definition) is 4. The number of rotatable bonds is 5. The van der Waals surface area contributed by atoms with Crippen LogP contribution in [0.5, 0.6) is 0 Å². The highest BCUT2D eigenvalue weighted by Crippen LogP contribution is 2.10. The first-order valence-corrected chi connectivity index (χ1v) is 7.52. The summed E-state index contributed by atoms with van der Waals surface area (Å²) in [6.07, 6.45) is 3.28. The molecule has 102 valence electrons. The van der Waals surface area contributed by atoms with E-state index in [1.807, 2.05) is 27.7 Å². The monoisotopic (exact) mass is 271 g/mol. The maximum absolute atomic E-state index is 12.1. The molecule has 0 aliphatic carbocycles. The number of anilines is 1. The van der Waals surface area contributed by atoms with E-state index in [2.05, 4.69) is 10.3 Å². The summed E-state index contributed by atoms with van der Waals surface area (Å²) in [5.74, 6) is 1.48. The van der Waals surface area contributed by atoms with Crippen molar-refractivity contribution in [3.63, 3.8) is 0 Å². The molecule has 0 saturated carbocycles. The Bertz CT molecular complexity index is 477. The van der Waals surface area contributed by atoms with Crippen molar-refractivity contribution in [1.29, 1.82) is 0 Å². The summed E-state index contributed by atoms with van der Waals surface area (Å²) in [5.41, 5.74) is -0.421. The van der Waals surface area contributed by atoms with Gasteiger partial charge in [0.05, 0.1) is 0 Å². The molecular weight excluding hydrogens is 250 g/mol. The predicted octanol–water partition coefficient (Wildman–Crippen LogP) is 1.18. The van der Waals surface area contributed by atoms with Gasteiger partial charge in [-0.1, -0.05) is 6.92 Å². The second-order valence-electron chi connectivity index (χ2n) is 4.98. The summed E-state index contributed by atoms with van der Waals surface area (Å²) < 4.78 is 12.9. The van der Waals surface area contributed by atoms with Crippen molar-refractivity contribution in [1.82, 2.24) is 9.55 Å². The van der Waals surface area contributed by atoms with E-state index in [0.717, 1.165) is 0 Å². The van der Waals surface area contributed by atoms with Gasteiger partial charge in [-0.2, -0.15) is 0 Å². The molecule has 1 atom stereocenters. The van der Waals surface area contributed by atoms with Gasteiger partial charge in [0.15, 0.2) is 5.82 Å². The Morgan fingerprint density at radius 1 is 1.44 bits per heavy atom. The first kappa shape index (κ1) is 14.9. The van der Waals surface area contributed by atoms with Crippen LogP contribution in [-0.4, -0.2) is 31.8 Å². The Balaban J connectivity index is 2.79. The molecule has 0 saturated heterocycles. The SMILES string of the molecule is CCS(=O)CCNc1nccn(C(C)(C)C)c1=O. The highest BCUT2D eigenvalue weighted by atomic mass is 32.2. The van der Waals surface area contributed by atoms with Crippen LogP contribution < -0.4 is 10.9 Å². The van der Waals surface area contributed by atoms with E-state index in [0.29, 0.717) is 23.9 Å². The molecule has 1 N–H and O–H groups in total. The number of aromatic nitrogens is 2. The average molecular weight is 271 g/mol. The van der Waals surface area contributed by atoms with Crippen LogP contribution >= 0.6 is 0 Å². The third-order valence-corrected chi connectivity index (χ3v) is 3.81. The van der Waals surface area contributed by atoms with Gasteiger partial charge >= 0.3 is 0 Å². The van der Waals surface area contributed by atoms with Crippen LogP contribution in [0.25, 0.3) is 0 Å². The molecule has 0 fully saturated rings. The lowest BCUT2D eigenvalue weighted by Crippen LogP contribution is -2.35. The maximum Gasteiger partial charge on any atom is 0.293 e. The summed E-state index contributed by atoms with van der Waals surface area (Å²) in [6, 6.07) is 0. The molecule has 0 bridgehead atoms. The van der Waals surface area contributed by atoms with Gasteiger partial charge < -0.3 is 9.88 Å². The molecule has 1 rings (SSSR count). The summed E-state index contributed by atoms with van der Waals surface area (Å²) >= 11 is 0. The molecule has 0 aromatic carbocycles. The van der Waals surface area contributed by atoms with Gasteiger partial charge in [-0.25, -0.2) is 4.98 Å². The second-order valence-corrected chi connectivity index (χ2v) is 6.85. The lowest BCUT2D eigenvalue weighted by molar-refractivity contribution is 0.383. The van der Waals surface area contributed by atoms with Gasteiger partial charge in [0.1, 0.15) is 0 Å². The lowest BCUT2D eigenvalue weighted by Gasteiger charge is -2.22. The Labute approximate surface area is 110 Å². The van der Waals surface area contributed by atoms with E-state index in [9.17, 15) is 9.00 Å². The Kier molecular flexibility index (Phi) is 5.07. The van der Waals surface area contributed by atoms with Crippen molar-refractivity contribution in [2.45, 2.75) is 33.2 Å². The molecule has 0 spiro atoms. The molecule has 18 heavy (non-hydrogen) atoms. The molecule has 1 aromatic heterocycles. The van der Waals surface area contributed by atoms with Gasteiger partial charge in [0.2, 0.25) is 0 Å². The number of nitrogens with one attached hydrogen (secondary N) is 1. The van der Waals surface area contributed by atoms with E-state index < -0.39 is 10.8 Å². The smallest absolute Gasteiger partial charge is 0.293 e. The fraction of sp³-hybridized carbons (Fsp3) is 0.667. The quantitative estimate of drug-likeness (QED) is 0.873. The van der Waals surface area contributed by atoms with E-state index in [1.54, 1.807) is 17.0 Å². The van der Waals surface area contributed by atoms with Crippen molar-refractivity contribution in [2.24, 2.45) is 0 Å². The zero-order valence-electron chi connectivity index (χ0n) is 11.4. The molecule has 0 amide bonds. The lowest BCUT2D eigenvalue weighted by atomic mass is 10.1. The molecule has 1 aromatic rings. The highest BCUT2D eigenvalue weighted by molar-refractivity contribution is 7.84. The average Bonchev–Trinajstić information content (AvgIpc) is 2.29. The van der Waals surface area contributed by atoms with Crippen LogP contribution in [0.1, 0.15) is 27.7 Å². The van der Waals surface area contributed by atoms with Crippen LogP contribution in [0.4, 0.5) is 5.82 Å². The zero-order chi connectivity index (χ0) is 13.8. The Morgan fingerprint density at radius 2 is 2.11 bits per heavy atom. The molecule has 0 aliphatic heterocycles. The van der Waals surface area contributed by atoms with Crippen LogP contribution in [0.3, 0.4) is 0 Å². The first-order chi connectivity index (χ1) is 8.36. The molecule has 6 heteroatoms. The summed E-state index contributed by atoms with van der Waals surface area (Å²) in [5, 5.41) is 2.95. The fourth-order valence-electron chi connectivity index (χ4n) is 1.49. The minimum Gasteiger partial charge on any atom is -0.365 e. The molecule has 0 radical (unpaired) electrons. The molecule has 1 unspecified atom stereocenters. The third-order valence-electron chi connectivity index (χ3n) is 2.51. The second kappa shape index (κ2) is 6.13. The normalized spacial score (nSPS) is 13.3. The Hall–Kier alpha value is -1.17. The number of hydrogen-bond donors (Lipinski definition) is 1.